The molecule has 0 fully saturated rings. The van der Waals surface area contributed by atoms with Gasteiger partial charge in [-0.1, -0.05) is 71.8 Å². The molecule has 0 aliphatic carbocycles. The Labute approximate surface area is 134 Å². The molecule has 3 aromatic carbocycles. The molecule has 0 N–H and O–H groups in total. The highest BCUT2D eigenvalue weighted by Gasteiger charge is 2.40. The van der Waals surface area contributed by atoms with E-state index in [1.54, 1.807) is 0 Å². The van der Waals surface area contributed by atoms with Crippen molar-refractivity contribution < 1.29 is 0 Å². The Balaban J connectivity index is 1.90. The van der Waals surface area contributed by atoms with E-state index in [2.05, 4.69) is 10.3 Å². The van der Waals surface area contributed by atoms with Crippen LogP contribution in [0.15, 0.2) is 106 Å². The van der Waals surface area contributed by atoms with E-state index in [1.807, 2.05) is 91.0 Å². The van der Waals surface area contributed by atoms with Crippen molar-refractivity contribution in [1.82, 2.24) is 4.70 Å². The molecule has 0 bridgehead atoms. The van der Waals surface area contributed by atoms with Gasteiger partial charge in [0.05, 0.1) is 5.22 Å². The van der Waals surface area contributed by atoms with Crippen LogP contribution in [-0.2, 0) is 0 Å². The quantitative estimate of drug-likeness (QED) is 0.606. The van der Waals surface area contributed by atoms with Crippen LogP contribution in [0, 0.1) is 0 Å². The number of para-hydroxylation sites is 2. The van der Waals surface area contributed by atoms with Crippen LogP contribution in [-0.4, -0.2) is 5.84 Å². The summed E-state index contributed by atoms with van der Waals surface area (Å²) in [7, 11) is 0. The van der Waals surface area contributed by atoms with Crippen LogP contribution in [0.3, 0.4) is 0 Å². The maximum atomic E-state index is 4.85. The lowest BCUT2D eigenvalue weighted by Crippen LogP contribution is -2.29. The number of benzene rings is 3. The first-order chi connectivity index (χ1) is 11.4. The van der Waals surface area contributed by atoms with Gasteiger partial charge in [-0.3, -0.25) is 0 Å². The van der Waals surface area contributed by atoms with E-state index in [1.165, 1.54) is 0 Å². The Morgan fingerprint density at radius 3 is 1.57 bits per heavy atom. The van der Waals surface area contributed by atoms with E-state index in [0.717, 1.165) is 16.9 Å². The van der Waals surface area contributed by atoms with E-state index in [9.17, 15) is 0 Å². The van der Waals surface area contributed by atoms with E-state index in [-0.39, 0.29) is 4.70 Å². The van der Waals surface area contributed by atoms with E-state index in [4.69, 9.17) is 5.10 Å². The first-order valence-electron chi connectivity index (χ1n) is 7.48. The number of rotatable bonds is 3. The van der Waals surface area contributed by atoms with Crippen molar-refractivity contribution in [3.05, 3.63) is 96.6 Å². The van der Waals surface area contributed by atoms with Gasteiger partial charge in [0.2, 0.25) is 5.84 Å². The third kappa shape index (κ3) is 2.35. The predicted octanol–water partition coefficient (Wildman–Crippen LogP) is 5.07. The lowest BCUT2D eigenvalue weighted by molar-refractivity contribution is 0.424. The minimum Gasteiger partial charge on any atom is -0.0709 e. The summed E-state index contributed by atoms with van der Waals surface area (Å²) in [6, 6.07) is 29.9. The molecule has 0 amide bonds. The molecule has 23 heavy (non-hydrogen) atoms. The molecule has 1 aliphatic heterocycles. The van der Waals surface area contributed by atoms with Gasteiger partial charge in [-0.15, -0.1) is 0 Å². The lowest BCUT2D eigenvalue weighted by atomic mass is 10.2. The van der Waals surface area contributed by atoms with Crippen molar-refractivity contribution >= 4 is 17.2 Å². The van der Waals surface area contributed by atoms with Crippen LogP contribution in [0.1, 0.15) is 5.56 Å². The fourth-order valence-electron chi connectivity index (χ4n) is 2.63. The summed E-state index contributed by atoms with van der Waals surface area (Å²) >= 11 is 0. The van der Waals surface area contributed by atoms with Crippen molar-refractivity contribution in [2.45, 2.75) is 0 Å². The summed E-state index contributed by atoms with van der Waals surface area (Å²) in [5.41, 5.74) is 2.87. The number of hydrogen-bond donors (Lipinski definition) is 0. The number of nitrogens with zero attached hydrogens (tertiary/aromatic N) is 4. The SMILES string of the molecule is c1ccc(C2=N[N+](c3ccccc3)(c3ccccc3)N=N2)cc1. The summed E-state index contributed by atoms with van der Waals surface area (Å²) in [5.74, 6) is 0.637. The molecule has 3 aromatic rings. The number of amidine groups is 1. The molecule has 4 heteroatoms. The van der Waals surface area contributed by atoms with Gasteiger partial charge in [0.25, 0.3) is 0 Å². The van der Waals surface area contributed by atoms with Gasteiger partial charge >= 0.3 is 0 Å². The molecule has 0 aromatic heterocycles. The molecular weight excluding hydrogens is 284 g/mol. The van der Waals surface area contributed by atoms with Crippen molar-refractivity contribution in [1.29, 1.82) is 0 Å². The van der Waals surface area contributed by atoms with Gasteiger partial charge in [-0.2, -0.15) is 0 Å². The van der Waals surface area contributed by atoms with Gasteiger partial charge in [0.1, 0.15) is 0 Å². The van der Waals surface area contributed by atoms with Gasteiger partial charge in [-0.05, 0) is 5.10 Å². The Bertz CT molecular complexity index is 816. The third-order valence-electron chi connectivity index (χ3n) is 3.77. The fraction of sp³-hybridized carbons (Fsp3) is 0. The predicted molar refractivity (Wildman–Crippen MR) is 92.2 cm³/mol. The molecule has 0 spiro atoms. The monoisotopic (exact) mass is 299 g/mol. The van der Waals surface area contributed by atoms with Crippen molar-refractivity contribution in [2.75, 3.05) is 0 Å². The van der Waals surface area contributed by atoms with E-state index < -0.39 is 0 Å². The first-order valence-corrected chi connectivity index (χ1v) is 7.48. The second-order valence-corrected chi connectivity index (χ2v) is 5.25. The average molecular weight is 299 g/mol. The summed E-state index contributed by atoms with van der Waals surface area (Å²) in [6.07, 6.45) is 0. The highest BCUT2D eigenvalue weighted by Crippen LogP contribution is 2.39. The Morgan fingerprint density at radius 1 is 0.565 bits per heavy atom. The highest BCUT2D eigenvalue weighted by molar-refractivity contribution is 6.00. The van der Waals surface area contributed by atoms with E-state index >= 15 is 0 Å². The zero-order chi connectivity index (χ0) is 15.5. The second-order valence-electron chi connectivity index (χ2n) is 5.25. The Morgan fingerprint density at radius 2 is 1.04 bits per heavy atom. The largest absolute Gasteiger partial charge is 0.245 e. The minimum atomic E-state index is 0.00586. The molecule has 0 saturated heterocycles. The molecule has 0 unspecified atom stereocenters. The second kappa shape index (κ2) is 5.59. The maximum Gasteiger partial charge on any atom is 0.245 e. The summed E-state index contributed by atoms with van der Waals surface area (Å²) in [4.78, 5) is 0. The first kappa shape index (κ1) is 13.5. The smallest absolute Gasteiger partial charge is 0.0709 e. The summed E-state index contributed by atoms with van der Waals surface area (Å²) in [6.45, 7) is 0. The molecule has 0 radical (unpaired) electrons. The zero-order valence-corrected chi connectivity index (χ0v) is 12.4. The maximum absolute atomic E-state index is 4.85. The van der Waals surface area contributed by atoms with Crippen molar-refractivity contribution in [3.63, 3.8) is 0 Å². The normalized spacial score (nSPS) is 15.4. The Kier molecular flexibility index (Phi) is 3.29. The third-order valence-corrected chi connectivity index (χ3v) is 3.77. The summed E-state index contributed by atoms with van der Waals surface area (Å²) < 4.78 is 0.00586. The molecule has 0 atom stereocenters. The summed E-state index contributed by atoms with van der Waals surface area (Å²) in [5, 5.41) is 13.7. The molecule has 0 saturated carbocycles. The van der Waals surface area contributed by atoms with Crippen LogP contribution in [0.5, 0.6) is 0 Å². The topological polar surface area (TPSA) is 37.1 Å². The molecule has 1 heterocycles. The van der Waals surface area contributed by atoms with Gasteiger partial charge < -0.3 is 0 Å². The lowest BCUT2D eigenvalue weighted by Gasteiger charge is -2.19. The highest BCUT2D eigenvalue weighted by atomic mass is 15.9. The van der Waals surface area contributed by atoms with E-state index in [0.29, 0.717) is 5.84 Å². The zero-order valence-electron chi connectivity index (χ0n) is 12.4. The van der Waals surface area contributed by atoms with Crippen molar-refractivity contribution in [3.8, 4) is 0 Å². The molecular formula is C19H15N4+. The standard InChI is InChI=1S/C19H15N4/c1-4-10-16(11-5-1)19-20-22-23(21-19,17-12-6-2-7-13-17)18-14-8-3-9-15-18/h1-15H/q+1. The molecule has 1 aliphatic rings. The molecule has 4 rings (SSSR count). The van der Waals surface area contributed by atoms with Crippen LogP contribution < -0.4 is 4.70 Å². The van der Waals surface area contributed by atoms with Crippen molar-refractivity contribution in [2.24, 2.45) is 15.4 Å². The van der Waals surface area contributed by atoms with Gasteiger partial charge in [0.15, 0.2) is 11.4 Å². The van der Waals surface area contributed by atoms with Crippen LogP contribution in [0.25, 0.3) is 0 Å². The average Bonchev–Trinajstić information content (AvgIpc) is 3.11. The Hall–Kier alpha value is -3.11. The molecule has 110 valence electrons. The van der Waals surface area contributed by atoms with Gasteiger partial charge in [0, 0.05) is 34.5 Å². The molecule has 4 nitrogen and oxygen atoms in total. The van der Waals surface area contributed by atoms with Gasteiger partial charge in [-0.25, -0.2) is 0 Å². The number of hydrogen-bond acceptors (Lipinski definition) is 3. The number of quaternary nitrogens is 1. The van der Waals surface area contributed by atoms with Crippen LogP contribution >= 0.6 is 0 Å². The van der Waals surface area contributed by atoms with Crippen LogP contribution in [0.2, 0.25) is 0 Å². The van der Waals surface area contributed by atoms with Crippen LogP contribution in [0.4, 0.5) is 11.4 Å². The fourth-order valence-corrected chi connectivity index (χ4v) is 2.63. The minimum absolute atomic E-state index is 0.00586.